The van der Waals surface area contributed by atoms with Crippen LogP contribution in [0.5, 0.6) is 0 Å². The van der Waals surface area contributed by atoms with Gasteiger partial charge in [0.1, 0.15) is 6.33 Å². The number of para-hydroxylation sites is 2. The van der Waals surface area contributed by atoms with E-state index in [-0.39, 0.29) is 0 Å². The molecule has 0 aliphatic heterocycles. The molecule has 2 aromatic carbocycles. The minimum atomic E-state index is 0.744. The highest BCUT2D eigenvalue weighted by atomic mass is 35.5. The summed E-state index contributed by atoms with van der Waals surface area (Å²) in [5.74, 6) is 0. The van der Waals surface area contributed by atoms with Gasteiger partial charge < -0.3 is 5.32 Å². The van der Waals surface area contributed by atoms with E-state index in [1.165, 1.54) is 5.56 Å². The summed E-state index contributed by atoms with van der Waals surface area (Å²) in [6.45, 7) is 4.03. The SMILES string of the molecule is CCCNCc1ccc(-n2cnc3ccccc32)c(Cl)c1. The lowest BCUT2D eigenvalue weighted by Gasteiger charge is -2.09. The molecule has 0 saturated heterocycles. The monoisotopic (exact) mass is 299 g/mol. The Balaban J connectivity index is 1.92. The van der Waals surface area contributed by atoms with Gasteiger partial charge in [-0.05, 0) is 42.8 Å². The molecule has 4 heteroatoms. The number of rotatable bonds is 5. The summed E-state index contributed by atoms with van der Waals surface area (Å²) in [7, 11) is 0. The molecule has 0 aliphatic rings. The van der Waals surface area contributed by atoms with Crippen molar-refractivity contribution in [3.05, 3.63) is 59.4 Å². The van der Waals surface area contributed by atoms with Crippen LogP contribution in [0.1, 0.15) is 18.9 Å². The molecule has 0 bridgehead atoms. The maximum Gasteiger partial charge on any atom is 0.100 e. The first-order valence-electron chi connectivity index (χ1n) is 7.21. The highest BCUT2D eigenvalue weighted by Gasteiger charge is 2.08. The third-order valence-electron chi connectivity index (χ3n) is 3.48. The van der Waals surface area contributed by atoms with Gasteiger partial charge in [0.15, 0.2) is 0 Å². The molecule has 21 heavy (non-hydrogen) atoms. The van der Waals surface area contributed by atoms with E-state index < -0.39 is 0 Å². The number of fused-ring (bicyclic) bond motifs is 1. The van der Waals surface area contributed by atoms with E-state index in [2.05, 4.69) is 35.4 Å². The fourth-order valence-corrected chi connectivity index (χ4v) is 2.71. The lowest BCUT2D eigenvalue weighted by Crippen LogP contribution is -2.13. The fourth-order valence-electron chi connectivity index (χ4n) is 2.42. The van der Waals surface area contributed by atoms with Crippen LogP contribution in [0.25, 0.3) is 16.7 Å². The third kappa shape index (κ3) is 2.94. The van der Waals surface area contributed by atoms with Crippen molar-refractivity contribution >= 4 is 22.6 Å². The second kappa shape index (κ2) is 6.29. The van der Waals surface area contributed by atoms with Crippen LogP contribution in [-0.2, 0) is 6.54 Å². The summed E-state index contributed by atoms with van der Waals surface area (Å²) in [6.07, 6.45) is 2.95. The molecular formula is C17H18ClN3. The van der Waals surface area contributed by atoms with Crippen LogP contribution in [-0.4, -0.2) is 16.1 Å². The Morgan fingerprint density at radius 1 is 1.19 bits per heavy atom. The maximum atomic E-state index is 6.46. The van der Waals surface area contributed by atoms with E-state index in [9.17, 15) is 0 Å². The zero-order valence-electron chi connectivity index (χ0n) is 12.0. The van der Waals surface area contributed by atoms with Crippen molar-refractivity contribution in [2.75, 3.05) is 6.54 Å². The summed E-state index contributed by atoms with van der Waals surface area (Å²) in [6, 6.07) is 14.2. The van der Waals surface area contributed by atoms with E-state index in [1.807, 2.05) is 35.2 Å². The molecule has 0 saturated carbocycles. The third-order valence-corrected chi connectivity index (χ3v) is 3.78. The van der Waals surface area contributed by atoms with E-state index in [4.69, 9.17) is 11.6 Å². The van der Waals surface area contributed by atoms with Crippen LogP contribution in [0.2, 0.25) is 5.02 Å². The van der Waals surface area contributed by atoms with Crippen LogP contribution in [0.3, 0.4) is 0 Å². The van der Waals surface area contributed by atoms with Gasteiger partial charge in [0.25, 0.3) is 0 Å². The van der Waals surface area contributed by atoms with Crippen molar-refractivity contribution in [3.8, 4) is 5.69 Å². The Bertz CT molecular complexity index is 749. The summed E-state index contributed by atoms with van der Waals surface area (Å²) < 4.78 is 2.03. The van der Waals surface area contributed by atoms with Crippen molar-refractivity contribution in [2.45, 2.75) is 19.9 Å². The number of aromatic nitrogens is 2. The quantitative estimate of drug-likeness (QED) is 0.716. The van der Waals surface area contributed by atoms with Crippen molar-refractivity contribution in [3.63, 3.8) is 0 Å². The summed E-state index contributed by atoms with van der Waals surface area (Å²) in [4.78, 5) is 4.41. The Kier molecular flexibility index (Phi) is 4.23. The number of nitrogens with one attached hydrogen (secondary N) is 1. The Hall–Kier alpha value is -1.84. The van der Waals surface area contributed by atoms with E-state index >= 15 is 0 Å². The lowest BCUT2D eigenvalue weighted by atomic mass is 10.2. The molecule has 0 amide bonds. The van der Waals surface area contributed by atoms with Crippen LogP contribution >= 0.6 is 11.6 Å². The van der Waals surface area contributed by atoms with E-state index in [0.717, 1.165) is 41.3 Å². The largest absolute Gasteiger partial charge is 0.313 e. The van der Waals surface area contributed by atoms with Crippen molar-refractivity contribution in [1.29, 1.82) is 0 Å². The van der Waals surface area contributed by atoms with Crippen LogP contribution in [0.15, 0.2) is 48.8 Å². The first-order valence-corrected chi connectivity index (χ1v) is 7.59. The molecule has 0 fully saturated rings. The van der Waals surface area contributed by atoms with Crippen molar-refractivity contribution in [1.82, 2.24) is 14.9 Å². The molecule has 0 radical (unpaired) electrons. The predicted molar refractivity (Wildman–Crippen MR) is 88.1 cm³/mol. The van der Waals surface area contributed by atoms with Crippen LogP contribution in [0.4, 0.5) is 0 Å². The van der Waals surface area contributed by atoms with Gasteiger partial charge in [0, 0.05) is 6.54 Å². The highest BCUT2D eigenvalue weighted by Crippen LogP contribution is 2.25. The van der Waals surface area contributed by atoms with Crippen molar-refractivity contribution < 1.29 is 0 Å². The molecule has 0 aliphatic carbocycles. The number of hydrogen-bond acceptors (Lipinski definition) is 2. The Morgan fingerprint density at radius 3 is 2.86 bits per heavy atom. The van der Waals surface area contributed by atoms with Crippen LogP contribution in [0, 0.1) is 0 Å². The van der Waals surface area contributed by atoms with Gasteiger partial charge >= 0.3 is 0 Å². The smallest absolute Gasteiger partial charge is 0.100 e. The highest BCUT2D eigenvalue weighted by molar-refractivity contribution is 6.32. The zero-order valence-corrected chi connectivity index (χ0v) is 12.8. The second-order valence-corrected chi connectivity index (χ2v) is 5.47. The molecule has 1 N–H and O–H groups in total. The first kappa shape index (κ1) is 14.1. The van der Waals surface area contributed by atoms with Crippen LogP contribution < -0.4 is 5.32 Å². The number of nitrogens with zero attached hydrogens (tertiary/aromatic N) is 2. The van der Waals surface area contributed by atoms with Gasteiger partial charge in [-0.15, -0.1) is 0 Å². The average Bonchev–Trinajstić information content (AvgIpc) is 2.92. The molecule has 1 aromatic heterocycles. The van der Waals surface area contributed by atoms with Gasteiger partial charge in [-0.1, -0.05) is 36.7 Å². The van der Waals surface area contributed by atoms with Crippen molar-refractivity contribution in [2.24, 2.45) is 0 Å². The zero-order chi connectivity index (χ0) is 14.7. The number of imidazole rings is 1. The Labute approximate surface area is 129 Å². The normalized spacial score (nSPS) is 11.1. The molecule has 3 nitrogen and oxygen atoms in total. The molecule has 3 rings (SSSR count). The molecule has 0 spiro atoms. The van der Waals surface area contributed by atoms with E-state index in [1.54, 1.807) is 0 Å². The number of benzene rings is 2. The molecule has 108 valence electrons. The summed E-state index contributed by atoms with van der Waals surface area (Å²) in [5.41, 5.74) is 4.20. The summed E-state index contributed by atoms with van der Waals surface area (Å²) >= 11 is 6.46. The number of hydrogen-bond donors (Lipinski definition) is 1. The minimum absolute atomic E-state index is 0.744. The van der Waals surface area contributed by atoms with Gasteiger partial charge in [-0.3, -0.25) is 4.57 Å². The number of halogens is 1. The fraction of sp³-hybridized carbons (Fsp3) is 0.235. The molecule has 0 unspecified atom stereocenters. The molecular weight excluding hydrogens is 282 g/mol. The first-order chi connectivity index (χ1) is 10.3. The van der Waals surface area contributed by atoms with Gasteiger partial charge in [0.2, 0.25) is 0 Å². The standard InChI is InChI=1S/C17H18ClN3/c1-2-9-19-11-13-7-8-16(14(18)10-13)21-12-20-15-5-3-4-6-17(15)21/h3-8,10,12,19H,2,9,11H2,1H3. The molecule has 1 heterocycles. The van der Waals surface area contributed by atoms with E-state index in [0.29, 0.717) is 0 Å². The predicted octanol–water partition coefficient (Wildman–Crippen LogP) is 4.18. The lowest BCUT2D eigenvalue weighted by molar-refractivity contribution is 0.675. The second-order valence-electron chi connectivity index (χ2n) is 5.07. The maximum absolute atomic E-state index is 6.46. The van der Waals surface area contributed by atoms with Gasteiger partial charge in [-0.25, -0.2) is 4.98 Å². The van der Waals surface area contributed by atoms with Gasteiger partial charge in [0.05, 0.1) is 21.7 Å². The minimum Gasteiger partial charge on any atom is -0.313 e. The summed E-state index contributed by atoms with van der Waals surface area (Å²) in [5, 5.41) is 4.13. The Morgan fingerprint density at radius 2 is 2.05 bits per heavy atom. The average molecular weight is 300 g/mol. The van der Waals surface area contributed by atoms with Gasteiger partial charge in [-0.2, -0.15) is 0 Å². The molecule has 0 atom stereocenters. The topological polar surface area (TPSA) is 29.9 Å². The molecule has 3 aromatic rings.